The van der Waals surface area contributed by atoms with Gasteiger partial charge >= 0.3 is 12.2 Å². The number of carbonyl (C=O) groups is 1. The summed E-state index contributed by atoms with van der Waals surface area (Å²) in [5, 5.41) is 2.71. The Labute approximate surface area is 108 Å². The second-order valence-electron chi connectivity index (χ2n) is 4.36. The predicted octanol–water partition coefficient (Wildman–Crippen LogP) is 1.73. The van der Waals surface area contributed by atoms with Crippen LogP contribution in [0.2, 0.25) is 0 Å². The summed E-state index contributed by atoms with van der Waals surface area (Å²) in [5.74, 6) is 0. The molecule has 19 heavy (non-hydrogen) atoms. The van der Waals surface area contributed by atoms with Gasteiger partial charge in [-0.1, -0.05) is 12.1 Å². The fraction of sp³-hybridized carbons (Fsp3) is 0.417. The van der Waals surface area contributed by atoms with Crippen molar-refractivity contribution in [2.24, 2.45) is 5.73 Å². The summed E-state index contributed by atoms with van der Waals surface area (Å²) in [5.41, 5.74) is 5.33. The minimum Gasteiger partial charge on any atom is -0.329 e. The molecular weight excluding hydrogens is 259 g/mol. The first kappa shape index (κ1) is 13.7. The van der Waals surface area contributed by atoms with Crippen LogP contribution in [-0.4, -0.2) is 30.6 Å². The maximum atomic E-state index is 12.4. The number of halogens is 3. The molecule has 104 valence electrons. The monoisotopic (exact) mass is 273 g/mol. The van der Waals surface area contributed by atoms with Gasteiger partial charge in [0.25, 0.3) is 0 Å². The molecule has 0 radical (unpaired) electrons. The topological polar surface area (TPSA) is 58.4 Å². The molecule has 0 aliphatic carbocycles. The van der Waals surface area contributed by atoms with Crippen molar-refractivity contribution in [3.8, 4) is 0 Å². The SMILES string of the molecule is NCCN1CC(c2ccc(C(F)(F)F)cc2)NC1=O. The summed E-state index contributed by atoms with van der Waals surface area (Å²) in [6.07, 6.45) is -4.34. The van der Waals surface area contributed by atoms with Crippen LogP contribution in [-0.2, 0) is 6.18 Å². The molecule has 1 aromatic carbocycles. The number of hydrogen-bond acceptors (Lipinski definition) is 2. The number of nitrogens with one attached hydrogen (secondary N) is 1. The molecule has 0 saturated carbocycles. The van der Waals surface area contributed by atoms with E-state index in [4.69, 9.17) is 5.73 Å². The van der Waals surface area contributed by atoms with Gasteiger partial charge in [0.05, 0.1) is 11.6 Å². The van der Waals surface area contributed by atoms with Crippen LogP contribution >= 0.6 is 0 Å². The van der Waals surface area contributed by atoms with Crippen LogP contribution in [0, 0.1) is 0 Å². The molecule has 0 aromatic heterocycles. The van der Waals surface area contributed by atoms with Crippen molar-refractivity contribution in [2.45, 2.75) is 12.2 Å². The van der Waals surface area contributed by atoms with Gasteiger partial charge in [-0.15, -0.1) is 0 Å². The molecule has 1 fully saturated rings. The minimum absolute atomic E-state index is 0.240. The van der Waals surface area contributed by atoms with Gasteiger partial charge in [-0.3, -0.25) is 0 Å². The second-order valence-corrected chi connectivity index (χ2v) is 4.36. The molecule has 4 nitrogen and oxygen atoms in total. The van der Waals surface area contributed by atoms with Gasteiger partial charge in [0.15, 0.2) is 0 Å². The third-order valence-corrected chi connectivity index (χ3v) is 3.03. The van der Waals surface area contributed by atoms with Gasteiger partial charge in [0, 0.05) is 19.6 Å². The zero-order chi connectivity index (χ0) is 14.0. The van der Waals surface area contributed by atoms with E-state index in [1.807, 2.05) is 0 Å². The average molecular weight is 273 g/mol. The molecular formula is C12H14F3N3O. The summed E-state index contributed by atoms with van der Waals surface area (Å²) in [6, 6.07) is 4.29. The fourth-order valence-electron chi connectivity index (χ4n) is 2.03. The van der Waals surface area contributed by atoms with Crippen molar-refractivity contribution in [1.82, 2.24) is 10.2 Å². The molecule has 1 saturated heterocycles. The Hall–Kier alpha value is -1.76. The Kier molecular flexibility index (Phi) is 3.66. The van der Waals surface area contributed by atoms with Crippen LogP contribution in [0.15, 0.2) is 24.3 Å². The minimum atomic E-state index is -4.34. The van der Waals surface area contributed by atoms with Crippen LogP contribution in [0.3, 0.4) is 0 Å². The zero-order valence-corrected chi connectivity index (χ0v) is 10.1. The van der Waals surface area contributed by atoms with Crippen LogP contribution in [0.5, 0.6) is 0 Å². The van der Waals surface area contributed by atoms with E-state index in [9.17, 15) is 18.0 Å². The Balaban J connectivity index is 2.10. The van der Waals surface area contributed by atoms with E-state index in [2.05, 4.69) is 5.32 Å². The maximum absolute atomic E-state index is 12.4. The lowest BCUT2D eigenvalue weighted by Gasteiger charge is -2.13. The number of benzene rings is 1. The van der Waals surface area contributed by atoms with E-state index in [0.29, 0.717) is 25.2 Å². The molecule has 1 atom stereocenters. The van der Waals surface area contributed by atoms with E-state index in [-0.39, 0.29) is 12.1 Å². The molecule has 7 heteroatoms. The van der Waals surface area contributed by atoms with Crippen LogP contribution < -0.4 is 11.1 Å². The van der Waals surface area contributed by atoms with Gasteiger partial charge in [-0.05, 0) is 17.7 Å². The molecule has 3 N–H and O–H groups in total. The number of nitrogens with two attached hydrogens (primary N) is 1. The van der Waals surface area contributed by atoms with Crippen molar-refractivity contribution >= 4 is 6.03 Å². The first-order valence-electron chi connectivity index (χ1n) is 5.84. The number of nitrogens with zero attached hydrogens (tertiary/aromatic N) is 1. The molecule has 0 bridgehead atoms. The molecule has 2 rings (SSSR count). The normalized spacial score (nSPS) is 19.7. The molecule has 2 amide bonds. The lowest BCUT2D eigenvalue weighted by Crippen LogP contribution is -2.32. The average Bonchev–Trinajstić information content (AvgIpc) is 2.71. The summed E-state index contributed by atoms with van der Waals surface area (Å²) in [4.78, 5) is 13.1. The lowest BCUT2D eigenvalue weighted by atomic mass is 10.1. The Morgan fingerprint density at radius 2 is 1.95 bits per heavy atom. The molecule has 1 aromatic rings. The van der Waals surface area contributed by atoms with Crippen LogP contribution in [0.1, 0.15) is 17.2 Å². The smallest absolute Gasteiger partial charge is 0.329 e. The number of rotatable bonds is 3. The summed E-state index contributed by atoms with van der Waals surface area (Å²) in [6.45, 7) is 1.21. The molecule has 1 aliphatic rings. The van der Waals surface area contributed by atoms with Crippen molar-refractivity contribution in [2.75, 3.05) is 19.6 Å². The van der Waals surface area contributed by atoms with Gasteiger partial charge in [-0.2, -0.15) is 13.2 Å². The van der Waals surface area contributed by atoms with E-state index >= 15 is 0 Å². The first-order valence-corrected chi connectivity index (χ1v) is 5.84. The largest absolute Gasteiger partial charge is 0.416 e. The summed E-state index contributed by atoms with van der Waals surface area (Å²) < 4.78 is 37.3. The van der Waals surface area contributed by atoms with Crippen molar-refractivity contribution in [1.29, 1.82) is 0 Å². The Morgan fingerprint density at radius 1 is 1.32 bits per heavy atom. The number of hydrogen-bond donors (Lipinski definition) is 2. The Bertz CT molecular complexity index is 458. The molecule has 1 heterocycles. The number of alkyl halides is 3. The molecule has 0 spiro atoms. The van der Waals surface area contributed by atoms with Crippen molar-refractivity contribution < 1.29 is 18.0 Å². The van der Waals surface area contributed by atoms with Crippen LogP contribution in [0.25, 0.3) is 0 Å². The highest BCUT2D eigenvalue weighted by atomic mass is 19.4. The van der Waals surface area contributed by atoms with Gasteiger partial charge in [-0.25, -0.2) is 4.79 Å². The number of amides is 2. The standard InChI is InChI=1S/C12H14F3N3O/c13-12(14,15)9-3-1-8(2-4-9)10-7-18(6-5-16)11(19)17-10/h1-4,10H,5-7,16H2,(H,17,19). The van der Waals surface area contributed by atoms with E-state index in [1.54, 1.807) is 4.90 Å². The highest BCUT2D eigenvalue weighted by Crippen LogP contribution is 2.30. The second kappa shape index (κ2) is 5.08. The summed E-state index contributed by atoms with van der Waals surface area (Å²) in [7, 11) is 0. The van der Waals surface area contributed by atoms with Gasteiger partial charge in [0.2, 0.25) is 0 Å². The van der Waals surface area contributed by atoms with E-state index in [1.165, 1.54) is 12.1 Å². The molecule has 1 aliphatic heterocycles. The van der Waals surface area contributed by atoms with E-state index < -0.39 is 11.7 Å². The van der Waals surface area contributed by atoms with Gasteiger partial charge in [0.1, 0.15) is 0 Å². The van der Waals surface area contributed by atoms with E-state index in [0.717, 1.165) is 12.1 Å². The molecule has 1 unspecified atom stereocenters. The van der Waals surface area contributed by atoms with Gasteiger partial charge < -0.3 is 16.0 Å². The number of carbonyl (C=O) groups excluding carboxylic acids is 1. The fourth-order valence-corrected chi connectivity index (χ4v) is 2.03. The maximum Gasteiger partial charge on any atom is 0.416 e. The number of urea groups is 1. The highest BCUT2D eigenvalue weighted by Gasteiger charge is 2.32. The third-order valence-electron chi connectivity index (χ3n) is 3.03. The highest BCUT2D eigenvalue weighted by molar-refractivity contribution is 5.77. The van der Waals surface area contributed by atoms with Crippen molar-refractivity contribution in [3.05, 3.63) is 35.4 Å². The third kappa shape index (κ3) is 2.98. The zero-order valence-electron chi connectivity index (χ0n) is 10.1. The Morgan fingerprint density at radius 3 is 2.47 bits per heavy atom. The first-order chi connectivity index (χ1) is 8.91. The predicted molar refractivity (Wildman–Crippen MR) is 63.3 cm³/mol. The summed E-state index contributed by atoms with van der Waals surface area (Å²) >= 11 is 0. The van der Waals surface area contributed by atoms with Crippen molar-refractivity contribution in [3.63, 3.8) is 0 Å². The van der Waals surface area contributed by atoms with Crippen LogP contribution in [0.4, 0.5) is 18.0 Å². The lowest BCUT2D eigenvalue weighted by molar-refractivity contribution is -0.137. The quantitative estimate of drug-likeness (QED) is 0.881.